The molecule has 5 heteroatoms. The Morgan fingerprint density at radius 2 is 2.17 bits per heavy atom. The number of nitrogens with zero attached hydrogens (tertiary/aromatic N) is 1. The number of aryl methyl sites for hydroxylation is 1. The fourth-order valence-corrected chi connectivity index (χ4v) is 2.73. The van der Waals surface area contributed by atoms with Crippen LogP contribution in [0, 0.1) is 23.0 Å². The molecule has 98 valence electrons. The molecule has 1 N–H and O–H groups in total. The van der Waals surface area contributed by atoms with Crippen molar-refractivity contribution in [1.29, 1.82) is 0 Å². The van der Waals surface area contributed by atoms with Crippen LogP contribution in [0.3, 0.4) is 0 Å². The summed E-state index contributed by atoms with van der Waals surface area (Å²) in [6.45, 7) is 3.94. The minimum absolute atomic E-state index is 0.156. The fraction of sp³-hybridized carbons (Fsp3) is 0.538. The van der Waals surface area contributed by atoms with Gasteiger partial charge in [-0.25, -0.2) is 0 Å². The van der Waals surface area contributed by atoms with Gasteiger partial charge in [-0.05, 0) is 54.6 Å². The quantitative estimate of drug-likeness (QED) is 0.667. The van der Waals surface area contributed by atoms with E-state index in [4.69, 9.17) is 0 Å². The molecule has 0 saturated heterocycles. The highest BCUT2D eigenvalue weighted by Crippen LogP contribution is 2.35. The molecule has 1 aliphatic rings. The van der Waals surface area contributed by atoms with E-state index in [2.05, 4.69) is 28.2 Å². The third-order valence-corrected chi connectivity index (χ3v) is 4.38. The average Bonchev–Trinajstić information content (AvgIpc) is 2.19. The molecule has 1 saturated carbocycles. The fourth-order valence-electron chi connectivity index (χ4n) is 2.28. The summed E-state index contributed by atoms with van der Waals surface area (Å²) < 4.78 is 0.756. The van der Waals surface area contributed by atoms with E-state index in [9.17, 15) is 10.1 Å². The molecule has 1 atom stereocenters. The van der Waals surface area contributed by atoms with Crippen molar-refractivity contribution in [3.8, 4) is 0 Å². The van der Waals surface area contributed by atoms with Gasteiger partial charge >= 0.3 is 0 Å². The van der Waals surface area contributed by atoms with Gasteiger partial charge in [0.1, 0.15) is 0 Å². The van der Waals surface area contributed by atoms with Crippen LogP contribution in [0.1, 0.15) is 31.7 Å². The molecule has 0 heterocycles. The molecule has 2 rings (SSSR count). The number of rotatable bonds is 4. The first kappa shape index (κ1) is 13.3. The van der Waals surface area contributed by atoms with Gasteiger partial charge in [0, 0.05) is 27.8 Å². The standard InChI is InChI=1S/C13H17BrN2O2/c1-8-6-12(11(14)7-13(8)16(17)18)15-9(2)10-4-3-5-10/h6-7,9-10,15H,3-5H2,1-2H3. The van der Waals surface area contributed by atoms with Gasteiger partial charge in [-0.3, -0.25) is 10.1 Å². The molecule has 4 nitrogen and oxygen atoms in total. The van der Waals surface area contributed by atoms with Crippen LogP contribution in [0.15, 0.2) is 16.6 Å². The number of nitro benzene ring substituents is 1. The SMILES string of the molecule is Cc1cc(NC(C)C2CCC2)c(Br)cc1[N+](=O)[O-]. The monoisotopic (exact) mass is 312 g/mol. The number of anilines is 1. The normalized spacial score (nSPS) is 17.1. The largest absolute Gasteiger partial charge is 0.381 e. The van der Waals surface area contributed by atoms with E-state index in [-0.39, 0.29) is 10.6 Å². The highest BCUT2D eigenvalue weighted by Gasteiger charge is 2.24. The van der Waals surface area contributed by atoms with Crippen LogP contribution >= 0.6 is 15.9 Å². The summed E-state index contributed by atoms with van der Waals surface area (Å²) in [5.41, 5.74) is 1.78. The van der Waals surface area contributed by atoms with Gasteiger partial charge in [0.2, 0.25) is 0 Å². The van der Waals surface area contributed by atoms with Crippen molar-refractivity contribution < 1.29 is 4.92 Å². The molecule has 0 spiro atoms. The van der Waals surface area contributed by atoms with E-state index < -0.39 is 0 Å². The predicted molar refractivity (Wildman–Crippen MR) is 76.0 cm³/mol. The Morgan fingerprint density at radius 3 is 2.67 bits per heavy atom. The number of hydrogen-bond acceptors (Lipinski definition) is 3. The molecule has 18 heavy (non-hydrogen) atoms. The van der Waals surface area contributed by atoms with Crippen molar-refractivity contribution in [2.24, 2.45) is 5.92 Å². The number of benzene rings is 1. The second-order valence-corrected chi connectivity index (χ2v) is 5.85. The van der Waals surface area contributed by atoms with Crippen molar-refractivity contribution in [2.75, 3.05) is 5.32 Å². The van der Waals surface area contributed by atoms with Crippen molar-refractivity contribution in [2.45, 2.75) is 39.2 Å². The summed E-state index contributed by atoms with van der Waals surface area (Å²) in [5, 5.41) is 14.3. The first-order valence-electron chi connectivity index (χ1n) is 6.20. The van der Waals surface area contributed by atoms with E-state index in [0.717, 1.165) is 16.1 Å². The topological polar surface area (TPSA) is 55.2 Å². The molecule has 0 amide bonds. The molecule has 1 aliphatic carbocycles. The summed E-state index contributed by atoms with van der Waals surface area (Å²) >= 11 is 3.40. The second-order valence-electron chi connectivity index (χ2n) is 5.00. The third kappa shape index (κ3) is 2.66. The average molecular weight is 313 g/mol. The van der Waals surface area contributed by atoms with E-state index in [1.807, 2.05) is 6.07 Å². The molecule has 0 bridgehead atoms. The number of halogens is 1. The molecular formula is C13H17BrN2O2. The lowest BCUT2D eigenvalue weighted by molar-refractivity contribution is -0.385. The summed E-state index contributed by atoms with van der Waals surface area (Å²) in [6.07, 6.45) is 3.87. The number of hydrogen-bond donors (Lipinski definition) is 1. The maximum Gasteiger partial charge on any atom is 0.273 e. The Hall–Kier alpha value is -1.10. The van der Waals surface area contributed by atoms with Crippen LogP contribution in [0.4, 0.5) is 11.4 Å². The number of nitrogens with one attached hydrogen (secondary N) is 1. The van der Waals surface area contributed by atoms with Crippen LogP contribution in [-0.4, -0.2) is 11.0 Å². The van der Waals surface area contributed by atoms with Crippen LogP contribution in [-0.2, 0) is 0 Å². The molecule has 1 unspecified atom stereocenters. The van der Waals surface area contributed by atoms with Crippen molar-refractivity contribution >= 4 is 27.3 Å². The van der Waals surface area contributed by atoms with Gasteiger partial charge in [-0.1, -0.05) is 6.42 Å². The van der Waals surface area contributed by atoms with Gasteiger partial charge in [0.05, 0.1) is 4.92 Å². The van der Waals surface area contributed by atoms with E-state index in [0.29, 0.717) is 11.6 Å². The van der Waals surface area contributed by atoms with Gasteiger partial charge in [-0.15, -0.1) is 0 Å². The summed E-state index contributed by atoms with van der Waals surface area (Å²) in [7, 11) is 0. The predicted octanol–water partition coefficient (Wildman–Crippen LogP) is 4.27. The lowest BCUT2D eigenvalue weighted by Crippen LogP contribution is -2.30. The molecule has 0 radical (unpaired) electrons. The highest BCUT2D eigenvalue weighted by molar-refractivity contribution is 9.10. The maximum atomic E-state index is 10.8. The van der Waals surface area contributed by atoms with Gasteiger partial charge in [0.25, 0.3) is 5.69 Å². The zero-order chi connectivity index (χ0) is 13.3. The zero-order valence-corrected chi connectivity index (χ0v) is 12.2. The zero-order valence-electron chi connectivity index (χ0n) is 10.6. The highest BCUT2D eigenvalue weighted by atomic mass is 79.9. The van der Waals surface area contributed by atoms with Gasteiger partial charge in [-0.2, -0.15) is 0 Å². The van der Waals surface area contributed by atoms with E-state index in [1.165, 1.54) is 19.3 Å². The van der Waals surface area contributed by atoms with Gasteiger partial charge < -0.3 is 5.32 Å². The smallest absolute Gasteiger partial charge is 0.273 e. The Balaban J connectivity index is 2.18. The van der Waals surface area contributed by atoms with Crippen LogP contribution < -0.4 is 5.32 Å². The van der Waals surface area contributed by atoms with Crippen LogP contribution in [0.2, 0.25) is 0 Å². The molecule has 1 aromatic rings. The Labute approximate surface area is 115 Å². The minimum Gasteiger partial charge on any atom is -0.381 e. The summed E-state index contributed by atoms with van der Waals surface area (Å²) in [5.74, 6) is 0.729. The van der Waals surface area contributed by atoms with Crippen LogP contribution in [0.5, 0.6) is 0 Å². The lowest BCUT2D eigenvalue weighted by atomic mass is 9.80. The summed E-state index contributed by atoms with van der Waals surface area (Å²) in [4.78, 5) is 10.5. The summed E-state index contributed by atoms with van der Waals surface area (Å²) in [6, 6.07) is 3.83. The first-order valence-corrected chi connectivity index (χ1v) is 6.99. The molecule has 0 aliphatic heterocycles. The maximum absolute atomic E-state index is 10.8. The van der Waals surface area contributed by atoms with E-state index >= 15 is 0 Å². The third-order valence-electron chi connectivity index (χ3n) is 3.72. The van der Waals surface area contributed by atoms with Crippen molar-refractivity contribution in [3.63, 3.8) is 0 Å². The minimum atomic E-state index is -0.348. The molecule has 1 aromatic carbocycles. The molecular weight excluding hydrogens is 296 g/mol. The first-order chi connectivity index (χ1) is 8.49. The lowest BCUT2D eigenvalue weighted by Gasteiger charge is -2.32. The Bertz CT molecular complexity index is 472. The molecule has 0 aromatic heterocycles. The van der Waals surface area contributed by atoms with Crippen molar-refractivity contribution in [3.05, 3.63) is 32.3 Å². The van der Waals surface area contributed by atoms with Crippen LogP contribution in [0.25, 0.3) is 0 Å². The Kier molecular flexibility index (Phi) is 3.90. The van der Waals surface area contributed by atoms with Crippen molar-refractivity contribution in [1.82, 2.24) is 0 Å². The second kappa shape index (κ2) is 5.26. The van der Waals surface area contributed by atoms with E-state index in [1.54, 1.807) is 13.0 Å². The molecule has 1 fully saturated rings. The Morgan fingerprint density at radius 1 is 1.50 bits per heavy atom. The van der Waals surface area contributed by atoms with Gasteiger partial charge in [0.15, 0.2) is 0 Å². The number of nitro groups is 1.